The number of hydrogen-bond acceptors (Lipinski definition) is 3. The Morgan fingerprint density at radius 3 is 2.60 bits per heavy atom. The Morgan fingerprint density at radius 1 is 1.36 bits per heavy atom. The van der Waals surface area contributed by atoms with Crippen LogP contribution in [0.5, 0.6) is 0 Å². The van der Waals surface area contributed by atoms with Crippen LogP contribution in [0.15, 0.2) is 24.3 Å². The normalized spacial score (nSPS) is 19.2. The molecule has 2 unspecified atom stereocenters. The zero-order valence-electron chi connectivity index (χ0n) is 15.7. The zero-order valence-corrected chi connectivity index (χ0v) is 15.7. The van der Waals surface area contributed by atoms with Crippen molar-refractivity contribution < 1.29 is 14.7 Å². The predicted octanol–water partition coefficient (Wildman–Crippen LogP) is 2.26. The Kier molecular flexibility index (Phi) is 6.22. The van der Waals surface area contributed by atoms with Crippen molar-refractivity contribution >= 4 is 11.8 Å². The first kappa shape index (κ1) is 19.4. The lowest BCUT2D eigenvalue weighted by Crippen LogP contribution is -2.39. The number of aryl methyl sites for hydroxylation is 1. The van der Waals surface area contributed by atoms with Crippen molar-refractivity contribution in [2.24, 2.45) is 11.3 Å². The fourth-order valence-electron chi connectivity index (χ4n) is 3.36. The van der Waals surface area contributed by atoms with Crippen LogP contribution >= 0.6 is 0 Å². The van der Waals surface area contributed by atoms with Crippen LogP contribution < -0.4 is 5.32 Å². The summed E-state index contributed by atoms with van der Waals surface area (Å²) in [5.74, 6) is -0.331. The van der Waals surface area contributed by atoms with Gasteiger partial charge in [-0.25, -0.2) is 0 Å². The van der Waals surface area contributed by atoms with Crippen LogP contribution in [0.25, 0.3) is 0 Å². The van der Waals surface area contributed by atoms with Gasteiger partial charge in [-0.2, -0.15) is 0 Å². The number of aliphatic hydroxyl groups is 1. The summed E-state index contributed by atoms with van der Waals surface area (Å²) in [5, 5.41) is 12.5. The van der Waals surface area contributed by atoms with E-state index >= 15 is 0 Å². The maximum Gasteiger partial charge on any atom is 0.225 e. The molecule has 1 aliphatic rings. The molecular formula is C20H30N2O3. The van der Waals surface area contributed by atoms with Crippen molar-refractivity contribution in [2.45, 2.75) is 53.2 Å². The van der Waals surface area contributed by atoms with E-state index in [1.165, 1.54) is 5.56 Å². The van der Waals surface area contributed by atoms with Crippen LogP contribution in [0, 0.1) is 18.3 Å². The number of rotatable bonds is 7. The van der Waals surface area contributed by atoms with Crippen LogP contribution in [0.1, 0.15) is 44.7 Å². The molecule has 1 aromatic rings. The van der Waals surface area contributed by atoms with Crippen molar-refractivity contribution in [1.82, 2.24) is 10.2 Å². The molecule has 0 saturated carbocycles. The van der Waals surface area contributed by atoms with E-state index in [2.05, 4.69) is 5.32 Å². The van der Waals surface area contributed by atoms with E-state index in [0.29, 0.717) is 26.1 Å². The van der Waals surface area contributed by atoms with Gasteiger partial charge in [0.25, 0.3) is 0 Å². The zero-order chi connectivity index (χ0) is 18.6. The molecule has 138 valence electrons. The largest absolute Gasteiger partial charge is 0.393 e. The fourth-order valence-corrected chi connectivity index (χ4v) is 3.36. The summed E-state index contributed by atoms with van der Waals surface area (Å²) in [5.41, 5.74) is 2.10. The second-order valence-corrected chi connectivity index (χ2v) is 8.10. The lowest BCUT2D eigenvalue weighted by Gasteiger charge is -2.27. The van der Waals surface area contributed by atoms with Crippen LogP contribution in [0.2, 0.25) is 0 Å². The topological polar surface area (TPSA) is 69.6 Å². The van der Waals surface area contributed by atoms with Gasteiger partial charge in [-0.3, -0.25) is 9.59 Å². The van der Waals surface area contributed by atoms with Gasteiger partial charge in [-0.05, 0) is 31.2 Å². The summed E-state index contributed by atoms with van der Waals surface area (Å²) >= 11 is 0. The second kappa shape index (κ2) is 8.00. The maximum absolute atomic E-state index is 12.4. The van der Waals surface area contributed by atoms with Gasteiger partial charge in [0.15, 0.2) is 0 Å². The molecule has 0 spiro atoms. The molecule has 2 N–H and O–H groups in total. The quantitative estimate of drug-likeness (QED) is 0.796. The molecule has 0 aromatic heterocycles. The second-order valence-electron chi connectivity index (χ2n) is 8.10. The molecule has 2 rings (SSSR count). The maximum atomic E-state index is 12.4. The van der Waals surface area contributed by atoms with Crippen molar-refractivity contribution in [2.75, 3.05) is 13.1 Å². The van der Waals surface area contributed by atoms with Gasteiger partial charge in [0, 0.05) is 26.1 Å². The van der Waals surface area contributed by atoms with Gasteiger partial charge in [0.05, 0.1) is 12.0 Å². The monoisotopic (exact) mass is 346 g/mol. The number of nitrogens with one attached hydrogen (secondary N) is 1. The van der Waals surface area contributed by atoms with E-state index in [1.807, 2.05) is 45.0 Å². The summed E-state index contributed by atoms with van der Waals surface area (Å²) in [6, 6.07) is 8.11. The molecule has 0 radical (unpaired) electrons. The summed E-state index contributed by atoms with van der Waals surface area (Å²) in [6.07, 6.45) is 0.496. The van der Waals surface area contributed by atoms with E-state index in [9.17, 15) is 14.7 Å². The van der Waals surface area contributed by atoms with E-state index in [1.54, 1.807) is 11.8 Å². The van der Waals surface area contributed by atoms with Crippen molar-refractivity contribution in [3.8, 4) is 0 Å². The van der Waals surface area contributed by atoms with Crippen molar-refractivity contribution in [1.29, 1.82) is 0 Å². The summed E-state index contributed by atoms with van der Waals surface area (Å²) in [7, 11) is 0. The summed E-state index contributed by atoms with van der Waals surface area (Å²) < 4.78 is 0. The SMILES string of the molecule is Cc1ccc(CN2CC(C(=O)NCC(C)(C)CC(C)O)CC2=O)cc1. The van der Waals surface area contributed by atoms with E-state index < -0.39 is 6.10 Å². The molecule has 25 heavy (non-hydrogen) atoms. The van der Waals surface area contributed by atoms with Gasteiger partial charge in [-0.1, -0.05) is 43.7 Å². The third-order valence-electron chi connectivity index (χ3n) is 4.67. The number of nitrogens with zero attached hydrogens (tertiary/aromatic N) is 1. The average Bonchev–Trinajstić information content (AvgIpc) is 2.87. The van der Waals surface area contributed by atoms with Gasteiger partial charge in [-0.15, -0.1) is 0 Å². The highest BCUT2D eigenvalue weighted by molar-refractivity contribution is 5.89. The molecule has 5 nitrogen and oxygen atoms in total. The molecule has 1 heterocycles. The third kappa shape index (κ3) is 5.85. The molecule has 0 bridgehead atoms. The Balaban J connectivity index is 1.86. The number of hydrogen-bond donors (Lipinski definition) is 2. The number of carbonyl (C=O) groups excluding carboxylic acids is 2. The number of aliphatic hydroxyl groups excluding tert-OH is 1. The smallest absolute Gasteiger partial charge is 0.225 e. The van der Waals surface area contributed by atoms with Crippen LogP contribution in [0.4, 0.5) is 0 Å². The molecule has 1 aromatic carbocycles. The Morgan fingerprint density at radius 2 is 2.00 bits per heavy atom. The predicted molar refractivity (Wildman–Crippen MR) is 97.8 cm³/mol. The highest BCUT2D eigenvalue weighted by atomic mass is 16.3. The van der Waals surface area contributed by atoms with Crippen LogP contribution in [0.3, 0.4) is 0 Å². The Labute approximate surface area is 150 Å². The molecular weight excluding hydrogens is 316 g/mol. The molecule has 1 aliphatic heterocycles. The molecule has 1 fully saturated rings. The first-order valence-electron chi connectivity index (χ1n) is 8.95. The number of carbonyl (C=O) groups is 2. The van der Waals surface area contributed by atoms with Gasteiger partial charge < -0.3 is 15.3 Å². The van der Waals surface area contributed by atoms with Crippen molar-refractivity contribution in [3.05, 3.63) is 35.4 Å². The minimum atomic E-state index is -0.398. The fraction of sp³-hybridized carbons (Fsp3) is 0.600. The Bertz CT molecular complexity index is 608. The average molecular weight is 346 g/mol. The van der Waals surface area contributed by atoms with E-state index in [0.717, 1.165) is 5.56 Å². The first-order chi connectivity index (χ1) is 11.7. The minimum absolute atomic E-state index is 0.0314. The van der Waals surface area contributed by atoms with E-state index in [4.69, 9.17) is 0 Å². The minimum Gasteiger partial charge on any atom is -0.393 e. The highest BCUT2D eigenvalue weighted by Crippen LogP contribution is 2.23. The van der Waals surface area contributed by atoms with Crippen molar-refractivity contribution in [3.63, 3.8) is 0 Å². The Hall–Kier alpha value is -1.88. The van der Waals surface area contributed by atoms with E-state index in [-0.39, 0.29) is 29.6 Å². The van der Waals surface area contributed by atoms with Gasteiger partial charge >= 0.3 is 0 Å². The number of benzene rings is 1. The number of likely N-dealkylation sites (tertiary alicyclic amines) is 1. The standard InChI is InChI=1S/C20H30N2O3/c1-14-5-7-16(8-6-14)11-22-12-17(9-18(22)24)19(25)21-13-20(3,4)10-15(2)23/h5-8,15,17,23H,9-13H2,1-4H3,(H,21,25). The van der Waals surface area contributed by atoms with Crippen LogP contribution in [-0.4, -0.2) is 41.0 Å². The van der Waals surface area contributed by atoms with Crippen LogP contribution in [-0.2, 0) is 16.1 Å². The molecule has 2 atom stereocenters. The molecule has 5 heteroatoms. The summed E-state index contributed by atoms with van der Waals surface area (Å²) in [4.78, 5) is 26.4. The lowest BCUT2D eigenvalue weighted by atomic mass is 9.87. The molecule has 2 amide bonds. The molecule has 1 saturated heterocycles. The third-order valence-corrected chi connectivity index (χ3v) is 4.67. The number of amides is 2. The first-order valence-corrected chi connectivity index (χ1v) is 8.95. The van der Waals surface area contributed by atoms with Gasteiger partial charge in [0.2, 0.25) is 11.8 Å². The lowest BCUT2D eigenvalue weighted by molar-refractivity contribution is -0.129. The molecule has 0 aliphatic carbocycles. The summed E-state index contributed by atoms with van der Waals surface area (Å²) in [6.45, 7) is 9.34. The van der Waals surface area contributed by atoms with Gasteiger partial charge in [0.1, 0.15) is 0 Å². The highest BCUT2D eigenvalue weighted by Gasteiger charge is 2.34.